The fraction of sp³-hybridized carbons (Fsp3) is 0.364. The molecule has 1 unspecified atom stereocenters. The summed E-state index contributed by atoms with van der Waals surface area (Å²) < 4.78 is 0. The second-order valence-corrected chi connectivity index (χ2v) is 12.1. The highest BCUT2D eigenvalue weighted by molar-refractivity contribution is 7.63. The molecule has 3 heteroatoms. The molecule has 5 rings (SSSR count). The van der Waals surface area contributed by atoms with E-state index >= 15 is 0 Å². The van der Waals surface area contributed by atoms with E-state index in [1.54, 1.807) is 16.4 Å². The van der Waals surface area contributed by atoms with Gasteiger partial charge in [-0.1, -0.05) is 82.8 Å². The maximum atomic E-state index is 4.87. The van der Waals surface area contributed by atoms with Gasteiger partial charge in [-0.05, 0) is 84.8 Å². The van der Waals surface area contributed by atoms with Gasteiger partial charge in [-0.2, -0.15) is 0 Å². The molecule has 1 atom stereocenters. The van der Waals surface area contributed by atoms with Crippen molar-refractivity contribution in [3.05, 3.63) is 90.1 Å². The van der Waals surface area contributed by atoms with Crippen LogP contribution in [0.2, 0.25) is 0 Å². The minimum atomic E-state index is -0.630. The molecule has 1 aliphatic carbocycles. The summed E-state index contributed by atoms with van der Waals surface area (Å²) in [6, 6.07) is 27.2. The number of hydrogen-bond donors (Lipinski definition) is 0. The van der Waals surface area contributed by atoms with Crippen molar-refractivity contribution in [1.29, 1.82) is 0 Å². The van der Waals surface area contributed by atoms with E-state index in [4.69, 9.17) is 4.98 Å². The number of fused-ring (bicyclic) bond motifs is 1. The van der Waals surface area contributed by atoms with Crippen molar-refractivity contribution in [1.82, 2.24) is 4.98 Å². The molecule has 0 saturated carbocycles. The van der Waals surface area contributed by atoms with Crippen LogP contribution < -0.4 is 4.90 Å². The van der Waals surface area contributed by atoms with Crippen LogP contribution in [-0.2, 0) is 12.8 Å². The van der Waals surface area contributed by atoms with Gasteiger partial charge in [-0.25, -0.2) is 0 Å². The third-order valence-corrected chi connectivity index (χ3v) is 10.2. The highest BCUT2D eigenvalue weighted by Gasteiger charge is 2.28. The van der Waals surface area contributed by atoms with Gasteiger partial charge in [-0.3, -0.25) is 4.98 Å². The minimum Gasteiger partial charge on any atom is -0.372 e. The molecule has 2 aromatic carbocycles. The first-order valence-corrected chi connectivity index (χ1v) is 15.2. The Kier molecular flexibility index (Phi) is 8.24. The molecular weight excluding hydrogens is 455 g/mol. The molecule has 0 saturated heterocycles. The first kappa shape index (κ1) is 24.8. The summed E-state index contributed by atoms with van der Waals surface area (Å²) in [5.74, 6) is 0. The van der Waals surface area contributed by atoms with Gasteiger partial charge < -0.3 is 4.90 Å². The van der Waals surface area contributed by atoms with Gasteiger partial charge >= 0.3 is 0 Å². The Morgan fingerprint density at radius 3 is 1.97 bits per heavy atom. The van der Waals surface area contributed by atoms with Crippen LogP contribution in [0.15, 0.2) is 79.0 Å². The van der Waals surface area contributed by atoms with Crippen molar-refractivity contribution in [2.24, 2.45) is 0 Å². The van der Waals surface area contributed by atoms with Crippen LogP contribution in [0.25, 0.3) is 27.2 Å². The summed E-state index contributed by atoms with van der Waals surface area (Å²) in [6.45, 7) is 6.87. The second kappa shape index (κ2) is 11.9. The average Bonchev–Trinajstić information content (AvgIpc) is 3.29. The predicted octanol–water partition coefficient (Wildman–Crippen LogP) is 9.68. The Hall–Kier alpha value is -2.83. The molecule has 4 aromatic rings. The van der Waals surface area contributed by atoms with E-state index in [1.165, 1.54) is 78.9 Å². The quantitative estimate of drug-likeness (QED) is 0.218. The van der Waals surface area contributed by atoms with E-state index in [-0.39, 0.29) is 0 Å². The highest BCUT2D eigenvalue weighted by Crippen LogP contribution is 2.61. The van der Waals surface area contributed by atoms with Crippen LogP contribution in [0.4, 0.5) is 5.69 Å². The zero-order valence-corrected chi connectivity index (χ0v) is 22.8. The Balaban J connectivity index is 1.65. The average molecular weight is 495 g/mol. The number of rotatable bonds is 10. The van der Waals surface area contributed by atoms with Crippen molar-refractivity contribution in [3.8, 4) is 27.2 Å². The Labute approximate surface area is 218 Å². The van der Waals surface area contributed by atoms with E-state index in [0.717, 1.165) is 13.1 Å². The van der Waals surface area contributed by atoms with Crippen molar-refractivity contribution < 1.29 is 0 Å². The largest absolute Gasteiger partial charge is 0.372 e. The van der Waals surface area contributed by atoms with Crippen LogP contribution >= 0.6 is 7.53 Å². The molecule has 0 fully saturated rings. The lowest BCUT2D eigenvalue weighted by molar-refractivity contribution is 0.678. The molecular formula is C33H39N2P. The third-order valence-electron chi connectivity index (χ3n) is 7.48. The standard InChI is InChI=1S/C33H39N2P/c1-3-5-24-35(25-6-4-2)27-21-19-26(20-22-27)32-29-16-10-11-17-30(29)33(31-18-12-13-23-34-31)36(32)28-14-8-7-9-15-28/h7-9,12-15,18-23H,3-6,10-11,16-17,24-25H2,1-2H3. The molecule has 1 aliphatic rings. The Morgan fingerprint density at radius 2 is 1.36 bits per heavy atom. The van der Waals surface area contributed by atoms with E-state index in [1.807, 2.05) is 12.3 Å². The maximum absolute atomic E-state index is 4.87. The zero-order chi connectivity index (χ0) is 24.7. The molecule has 0 N–H and O–H groups in total. The van der Waals surface area contributed by atoms with Crippen LogP contribution in [0, 0.1) is 0 Å². The summed E-state index contributed by atoms with van der Waals surface area (Å²) >= 11 is 0. The first-order chi connectivity index (χ1) is 17.8. The molecule has 0 bridgehead atoms. The number of unbranched alkanes of at least 4 members (excludes halogenated alkanes) is 2. The van der Waals surface area contributed by atoms with Gasteiger partial charge in [0.2, 0.25) is 0 Å². The molecule has 0 spiro atoms. The molecule has 2 aromatic heterocycles. The molecule has 186 valence electrons. The van der Waals surface area contributed by atoms with Gasteiger partial charge in [0.1, 0.15) is 0 Å². The van der Waals surface area contributed by atoms with E-state index in [9.17, 15) is 0 Å². The van der Waals surface area contributed by atoms with Crippen LogP contribution in [-0.4, -0.2) is 18.1 Å². The smallest absolute Gasteiger partial charge is 0.0747 e. The number of pyridine rings is 1. The van der Waals surface area contributed by atoms with Crippen molar-refractivity contribution in [2.75, 3.05) is 18.0 Å². The number of benzene rings is 2. The van der Waals surface area contributed by atoms with E-state index in [2.05, 4.69) is 85.5 Å². The fourth-order valence-corrected chi connectivity index (χ4v) is 8.63. The van der Waals surface area contributed by atoms with Gasteiger partial charge in [-0.15, -0.1) is 0 Å². The maximum Gasteiger partial charge on any atom is 0.0747 e. The first-order valence-electron chi connectivity index (χ1n) is 13.9. The molecule has 2 nitrogen and oxygen atoms in total. The molecule has 36 heavy (non-hydrogen) atoms. The lowest BCUT2D eigenvalue weighted by Gasteiger charge is -2.25. The fourth-order valence-electron chi connectivity index (χ4n) is 5.62. The van der Waals surface area contributed by atoms with Gasteiger partial charge in [0.25, 0.3) is 0 Å². The van der Waals surface area contributed by atoms with Crippen molar-refractivity contribution in [2.45, 2.75) is 65.2 Å². The van der Waals surface area contributed by atoms with E-state index < -0.39 is 7.53 Å². The zero-order valence-electron chi connectivity index (χ0n) is 21.9. The number of nitrogens with zero attached hydrogens (tertiary/aromatic N) is 2. The van der Waals surface area contributed by atoms with Crippen molar-refractivity contribution >= 4 is 13.2 Å². The molecule has 0 amide bonds. The normalized spacial score (nSPS) is 13.4. The van der Waals surface area contributed by atoms with Crippen LogP contribution in [0.1, 0.15) is 63.5 Å². The lowest BCUT2D eigenvalue weighted by Crippen LogP contribution is -2.25. The summed E-state index contributed by atoms with van der Waals surface area (Å²) in [5, 5.41) is 4.51. The van der Waals surface area contributed by atoms with Crippen molar-refractivity contribution in [3.63, 3.8) is 0 Å². The molecule has 0 aliphatic heterocycles. The predicted molar refractivity (Wildman–Crippen MR) is 158 cm³/mol. The third kappa shape index (κ3) is 5.16. The SMILES string of the molecule is CCCCN(CCCC)c1ccc(-c2c3c(c(-c4ccccn4)p2-c2ccccc2)CCCC3)cc1. The van der Waals surface area contributed by atoms with Gasteiger partial charge in [0.15, 0.2) is 0 Å². The minimum absolute atomic E-state index is 0.630. The molecule has 0 radical (unpaired) electrons. The van der Waals surface area contributed by atoms with Gasteiger partial charge in [0, 0.05) is 35.6 Å². The molecule has 2 heterocycles. The summed E-state index contributed by atoms with van der Waals surface area (Å²) in [4.78, 5) is 7.47. The Bertz CT molecular complexity index is 1230. The van der Waals surface area contributed by atoms with Crippen LogP contribution in [0.5, 0.6) is 0 Å². The topological polar surface area (TPSA) is 16.1 Å². The summed E-state index contributed by atoms with van der Waals surface area (Å²) in [5.41, 5.74) is 7.13. The Morgan fingerprint density at radius 1 is 0.722 bits per heavy atom. The summed E-state index contributed by atoms with van der Waals surface area (Å²) in [7, 11) is -0.630. The summed E-state index contributed by atoms with van der Waals surface area (Å²) in [6.07, 6.45) is 11.9. The monoisotopic (exact) mass is 494 g/mol. The van der Waals surface area contributed by atoms with Gasteiger partial charge in [0.05, 0.1) is 5.69 Å². The number of aromatic nitrogens is 1. The van der Waals surface area contributed by atoms with Crippen LogP contribution in [0.3, 0.4) is 0 Å². The second-order valence-electron chi connectivity index (χ2n) is 9.99. The van der Waals surface area contributed by atoms with E-state index in [0.29, 0.717) is 0 Å². The number of hydrogen-bond acceptors (Lipinski definition) is 2. The lowest BCUT2D eigenvalue weighted by atomic mass is 9.90. The highest BCUT2D eigenvalue weighted by atomic mass is 31.1. The number of anilines is 1.